The number of aromatic nitrogens is 3. The summed E-state index contributed by atoms with van der Waals surface area (Å²) in [5.74, 6) is 0.859. The first-order chi connectivity index (χ1) is 13.3. The molecule has 0 saturated carbocycles. The third-order valence-corrected chi connectivity index (χ3v) is 4.59. The van der Waals surface area contributed by atoms with Crippen LogP contribution in [0.3, 0.4) is 0 Å². The molecule has 4 aromatic rings. The zero-order valence-electron chi connectivity index (χ0n) is 15.2. The van der Waals surface area contributed by atoms with Gasteiger partial charge in [-0.1, -0.05) is 78.0 Å². The molecule has 0 radical (unpaired) electrons. The molecule has 1 aromatic heterocycles. The SMILES string of the molecule is COc1ccc(Cc2c(-c3ccccc3)nnn2Cc2ccccc2)cc1. The van der Waals surface area contributed by atoms with Crippen LogP contribution in [0.1, 0.15) is 16.8 Å². The second-order valence-electron chi connectivity index (χ2n) is 6.42. The van der Waals surface area contributed by atoms with Crippen molar-refractivity contribution in [1.29, 1.82) is 0 Å². The van der Waals surface area contributed by atoms with E-state index in [-0.39, 0.29) is 0 Å². The molecule has 4 rings (SSSR count). The highest BCUT2D eigenvalue weighted by molar-refractivity contribution is 5.61. The highest BCUT2D eigenvalue weighted by atomic mass is 16.5. The Morgan fingerprint density at radius 2 is 1.44 bits per heavy atom. The lowest BCUT2D eigenvalue weighted by molar-refractivity contribution is 0.414. The summed E-state index contributed by atoms with van der Waals surface area (Å²) in [7, 11) is 1.68. The summed E-state index contributed by atoms with van der Waals surface area (Å²) < 4.78 is 7.27. The van der Waals surface area contributed by atoms with Gasteiger partial charge in [-0.2, -0.15) is 0 Å². The van der Waals surface area contributed by atoms with Gasteiger partial charge < -0.3 is 4.74 Å². The average Bonchev–Trinajstić information content (AvgIpc) is 3.12. The Hall–Kier alpha value is -3.40. The number of hydrogen-bond acceptors (Lipinski definition) is 3. The second-order valence-corrected chi connectivity index (χ2v) is 6.42. The molecule has 0 saturated heterocycles. The van der Waals surface area contributed by atoms with Gasteiger partial charge in [-0.15, -0.1) is 5.10 Å². The molecule has 0 unspecified atom stereocenters. The molecular formula is C23H21N3O. The number of benzene rings is 3. The van der Waals surface area contributed by atoms with Gasteiger partial charge in [0.05, 0.1) is 19.3 Å². The van der Waals surface area contributed by atoms with Crippen molar-refractivity contribution in [3.63, 3.8) is 0 Å². The summed E-state index contributed by atoms with van der Waals surface area (Å²) in [4.78, 5) is 0. The highest BCUT2D eigenvalue weighted by Crippen LogP contribution is 2.24. The van der Waals surface area contributed by atoms with Crippen LogP contribution < -0.4 is 4.74 Å². The minimum Gasteiger partial charge on any atom is -0.497 e. The van der Waals surface area contributed by atoms with Crippen molar-refractivity contribution in [2.45, 2.75) is 13.0 Å². The molecular weight excluding hydrogens is 334 g/mol. The fourth-order valence-corrected chi connectivity index (χ4v) is 3.15. The van der Waals surface area contributed by atoms with E-state index in [1.807, 2.05) is 53.2 Å². The minimum absolute atomic E-state index is 0.701. The van der Waals surface area contributed by atoms with Crippen LogP contribution in [0, 0.1) is 0 Å². The van der Waals surface area contributed by atoms with E-state index in [0.29, 0.717) is 6.54 Å². The second kappa shape index (κ2) is 7.87. The van der Waals surface area contributed by atoms with Crippen LogP contribution in [0.15, 0.2) is 84.9 Å². The quantitative estimate of drug-likeness (QED) is 0.508. The molecule has 0 fully saturated rings. The maximum absolute atomic E-state index is 5.27. The molecule has 0 aliphatic carbocycles. The van der Waals surface area contributed by atoms with E-state index >= 15 is 0 Å². The molecule has 0 atom stereocenters. The summed E-state index contributed by atoms with van der Waals surface area (Å²) in [6, 6.07) is 28.7. The van der Waals surface area contributed by atoms with Crippen molar-refractivity contribution >= 4 is 0 Å². The van der Waals surface area contributed by atoms with Crippen LogP contribution in [0.2, 0.25) is 0 Å². The van der Waals surface area contributed by atoms with Gasteiger partial charge >= 0.3 is 0 Å². The molecule has 4 nitrogen and oxygen atoms in total. The van der Waals surface area contributed by atoms with Gasteiger partial charge in [0.15, 0.2) is 0 Å². The minimum atomic E-state index is 0.701. The van der Waals surface area contributed by atoms with Crippen molar-refractivity contribution in [2.75, 3.05) is 7.11 Å². The van der Waals surface area contributed by atoms with E-state index in [0.717, 1.165) is 29.1 Å². The fourth-order valence-electron chi connectivity index (χ4n) is 3.15. The van der Waals surface area contributed by atoms with Crippen LogP contribution in [0.5, 0.6) is 5.75 Å². The Labute approximate surface area is 159 Å². The van der Waals surface area contributed by atoms with Crippen LogP contribution >= 0.6 is 0 Å². The Morgan fingerprint density at radius 1 is 0.778 bits per heavy atom. The summed E-state index contributed by atoms with van der Waals surface area (Å²) in [6.45, 7) is 0.701. The number of nitrogens with zero attached hydrogens (tertiary/aromatic N) is 3. The Bertz CT molecular complexity index is 993. The van der Waals surface area contributed by atoms with Crippen LogP contribution in [0.25, 0.3) is 11.3 Å². The van der Waals surface area contributed by atoms with Crippen molar-refractivity contribution in [1.82, 2.24) is 15.0 Å². The summed E-state index contributed by atoms with van der Waals surface area (Å²) >= 11 is 0. The molecule has 0 N–H and O–H groups in total. The first-order valence-corrected chi connectivity index (χ1v) is 8.98. The van der Waals surface area contributed by atoms with E-state index < -0.39 is 0 Å². The number of rotatable bonds is 6. The zero-order valence-corrected chi connectivity index (χ0v) is 15.2. The first kappa shape index (κ1) is 17.0. The van der Waals surface area contributed by atoms with Gasteiger partial charge in [0.2, 0.25) is 0 Å². The van der Waals surface area contributed by atoms with E-state index in [2.05, 4.69) is 46.7 Å². The third-order valence-electron chi connectivity index (χ3n) is 4.59. The largest absolute Gasteiger partial charge is 0.497 e. The lowest BCUT2D eigenvalue weighted by Gasteiger charge is -2.09. The first-order valence-electron chi connectivity index (χ1n) is 8.98. The lowest BCUT2D eigenvalue weighted by Crippen LogP contribution is -2.07. The number of hydrogen-bond donors (Lipinski definition) is 0. The lowest BCUT2D eigenvalue weighted by atomic mass is 10.0. The topological polar surface area (TPSA) is 39.9 Å². The van der Waals surface area contributed by atoms with Gasteiger partial charge in [0, 0.05) is 12.0 Å². The average molecular weight is 355 g/mol. The molecule has 0 aliphatic heterocycles. The van der Waals surface area contributed by atoms with Crippen molar-refractivity contribution < 1.29 is 4.74 Å². The van der Waals surface area contributed by atoms with Crippen LogP contribution in [-0.4, -0.2) is 22.1 Å². The maximum atomic E-state index is 5.27. The van der Waals surface area contributed by atoms with E-state index in [1.54, 1.807) is 7.11 Å². The zero-order chi connectivity index (χ0) is 18.5. The van der Waals surface area contributed by atoms with Gasteiger partial charge in [0.25, 0.3) is 0 Å². The van der Waals surface area contributed by atoms with E-state index in [4.69, 9.17) is 4.74 Å². The maximum Gasteiger partial charge on any atom is 0.118 e. The normalized spacial score (nSPS) is 10.7. The Kier molecular flexibility index (Phi) is 4.97. The van der Waals surface area contributed by atoms with Gasteiger partial charge in [-0.25, -0.2) is 4.68 Å². The van der Waals surface area contributed by atoms with E-state index in [1.165, 1.54) is 11.1 Å². The van der Waals surface area contributed by atoms with Gasteiger partial charge in [-0.05, 0) is 23.3 Å². The Balaban J connectivity index is 1.71. The summed E-state index contributed by atoms with van der Waals surface area (Å²) in [5.41, 5.74) is 5.53. The van der Waals surface area contributed by atoms with Crippen LogP contribution in [-0.2, 0) is 13.0 Å². The predicted molar refractivity (Wildman–Crippen MR) is 107 cm³/mol. The molecule has 0 spiro atoms. The van der Waals surface area contributed by atoms with Crippen molar-refractivity contribution in [3.05, 3.63) is 102 Å². The number of methoxy groups -OCH3 is 1. The monoisotopic (exact) mass is 355 g/mol. The fraction of sp³-hybridized carbons (Fsp3) is 0.130. The van der Waals surface area contributed by atoms with Crippen LogP contribution in [0.4, 0.5) is 0 Å². The summed E-state index contributed by atoms with van der Waals surface area (Å²) in [5, 5.41) is 8.96. The molecule has 0 amide bonds. The molecule has 27 heavy (non-hydrogen) atoms. The standard InChI is InChI=1S/C23H21N3O/c1-27-21-14-12-18(13-15-21)16-22-23(20-10-6-3-7-11-20)24-25-26(22)17-19-8-4-2-5-9-19/h2-15H,16-17H2,1H3. The molecule has 1 heterocycles. The van der Waals surface area contributed by atoms with E-state index in [9.17, 15) is 0 Å². The van der Waals surface area contributed by atoms with Gasteiger partial charge in [-0.3, -0.25) is 0 Å². The number of ether oxygens (including phenoxy) is 1. The smallest absolute Gasteiger partial charge is 0.118 e. The third kappa shape index (κ3) is 3.90. The van der Waals surface area contributed by atoms with Crippen molar-refractivity contribution in [2.24, 2.45) is 0 Å². The molecule has 0 bridgehead atoms. The van der Waals surface area contributed by atoms with Crippen molar-refractivity contribution in [3.8, 4) is 17.0 Å². The molecule has 0 aliphatic rings. The molecule has 134 valence electrons. The van der Waals surface area contributed by atoms with Gasteiger partial charge in [0.1, 0.15) is 11.4 Å². The Morgan fingerprint density at radius 3 is 2.11 bits per heavy atom. The molecule has 4 heteroatoms. The highest BCUT2D eigenvalue weighted by Gasteiger charge is 2.15. The predicted octanol–water partition coefficient (Wildman–Crippen LogP) is 4.59. The summed E-state index contributed by atoms with van der Waals surface area (Å²) in [6.07, 6.45) is 0.758. The molecule has 3 aromatic carbocycles.